The highest BCUT2D eigenvalue weighted by Crippen LogP contribution is 2.29. The fourth-order valence-electron chi connectivity index (χ4n) is 2.08. The van der Waals surface area contributed by atoms with E-state index in [2.05, 4.69) is 18.8 Å². The van der Waals surface area contributed by atoms with Gasteiger partial charge in [0.05, 0.1) is 20.9 Å². The van der Waals surface area contributed by atoms with Crippen LogP contribution in [0.2, 0.25) is 10.0 Å². The molecule has 0 aliphatic heterocycles. The number of rotatable bonds is 2. The first kappa shape index (κ1) is 13.4. The Bertz CT molecular complexity index is 659. The Morgan fingerprint density at radius 1 is 1.28 bits per heavy atom. The highest BCUT2D eigenvalue weighted by Gasteiger charge is 2.12. The van der Waals surface area contributed by atoms with Crippen molar-refractivity contribution in [2.75, 3.05) is 0 Å². The van der Waals surface area contributed by atoms with Gasteiger partial charge >= 0.3 is 0 Å². The molecule has 96 valence electrons. The van der Waals surface area contributed by atoms with Gasteiger partial charge in [0, 0.05) is 11.8 Å². The summed E-state index contributed by atoms with van der Waals surface area (Å²) in [5, 5.41) is 1.50. The molecule has 18 heavy (non-hydrogen) atoms. The van der Waals surface area contributed by atoms with Crippen molar-refractivity contribution in [1.29, 1.82) is 0 Å². The minimum Gasteiger partial charge on any atom is -0.357 e. The standard InChI is InChI=1S/C14H15Cl2NO/c1-7(2)4-9-6-11(18)12-13(16)8(3)5-10(15)14(12)17-9/h5-7H,4H2,1-3H3,(H,17,18). The third-order valence-corrected chi connectivity index (χ3v) is 3.65. The summed E-state index contributed by atoms with van der Waals surface area (Å²) in [6, 6.07) is 3.39. The van der Waals surface area contributed by atoms with Gasteiger partial charge in [-0.2, -0.15) is 0 Å². The van der Waals surface area contributed by atoms with Crippen LogP contribution in [0.4, 0.5) is 0 Å². The van der Waals surface area contributed by atoms with Gasteiger partial charge in [-0.1, -0.05) is 37.0 Å². The molecule has 1 N–H and O–H groups in total. The molecule has 1 aromatic carbocycles. The van der Waals surface area contributed by atoms with Crippen molar-refractivity contribution < 1.29 is 0 Å². The molecular formula is C14H15Cl2NO. The number of aryl methyl sites for hydroxylation is 1. The monoisotopic (exact) mass is 283 g/mol. The molecule has 0 unspecified atom stereocenters. The lowest BCUT2D eigenvalue weighted by Crippen LogP contribution is -2.08. The first-order valence-electron chi connectivity index (χ1n) is 5.90. The maximum Gasteiger partial charge on any atom is 0.191 e. The van der Waals surface area contributed by atoms with Crippen LogP contribution in [-0.2, 0) is 6.42 Å². The first-order valence-corrected chi connectivity index (χ1v) is 6.66. The molecule has 0 saturated heterocycles. The predicted octanol–water partition coefficient (Wildman–Crippen LogP) is 4.34. The predicted molar refractivity (Wildman–Crippen MR) is 77.9 cm³/mol. The average molecular weight is 284 g/mol. The van der Waals surface area contributed by atoms with Crippen molar-refractivity contribution in [3.05, 3.63) is 43.7 Å². The van der Waals surface area contributed by atoms with E-state index in [4.69, 9.17) is 23.2 Å². The summed E-state index contributed by atoms with van der Waals surface area (Å²) in [6.07, 6.45) is 0.813. The summed E-state index contributed by atoms with van der Waals surface area (Å²) < 4.78 is 0. The number of H-pyrrole nitrogens is 1. The summed E-state index contributed by atoms with van der Waals surface area (Å²) in [7, 11) is 0. The second-order valence-corrected chi connectivity index (χ2v) is 5.78. The molecule has 0 bridgehead atoms. The fourth-order valence-corrected chi connectivity index (χ4v) is 2.63. The molecule has 0 spiro atoms. The number of pyridine rings is 1. The van der Waals surface area contributed by atoms with E-state index in [-0.39, 0.29) is 5.43 Å². The molecule has 0 aliphatic rings. The van der Waals surface area contributed by atoms with E-state index in [1.54, 1.807) is 12.1 Å². The van der Waals surface area contributed by atoms with Crippen molar-refractivity contribution >= 4 is 34.1 Å². The maximum atomic E-state index is 12.1. The summed E-state index contributed by atoms with van der Waals surface area (Å²) in [6.45, 7) is 6.05. The molecule has 0 aliphatic carbocycles. The molecule has 0 radical (unpaired) electrons. The molecule has 1 aromatic heterocycles. The van der Waals surface area contributed by atoms with Gasteiger partial charge in [0.2, 0.25) is 0 Å². The van der Waals surface area contributed by atoms with Crippen LogP contribution >= 0.6 is 23.2 Å². The lowest BCUT2D eigenvalue weighted by molar-refractivity contribution is 0.636. The Balaban J connectivity index is 2.78. The van der Waals surface area contributed by atoms with E-state index < -0.39 is 0 Å². The van der Waals surface area contributed by atoms with Gasteiger partial charge in [-0.3, -0.25) is 4.79 Å². The van der Waals surface area contributed by atoms with Crippen LogP contribution in [0.15, 0.2) is 16.9 Å². The molecule has 2 rings (SSSR count). The maximum absolute atomic E-state index is 12.1. The first-order chi connectivity index (χ1) is 8.40. The lowest BCUT2D eigenvalue weighted by atomic mass is 10.1. The van der Waals surface area contributed by atoms with E-state index in [1.807, 2.05) is 6.92 Å². The SMILES string of the molecule is Cc1cc(Cl)c2[nH]c(CC(C)C)cc(=O)c2c1Cl. The Morgan fingerprint density at radius 3 is 2.56 bits per heavy atom. The number of hydrogen-bond donors (Lipinski definition) is 1. The number of benzene rings is 1. The van der Waals surface area contributed by atoms with Crippen molar-refractivity contribution in [2.24, 2.45) is 5.92 Å². The summed E-state index contributed by atoms with van der Waals surface area (Å²) in [4.78, 5) is 15.4. The van der Waals surface area contributed by atoms with Gasteiger partial charge < -0.3 is 4.98 Å². The van der Waals surface area contributed by atoms with E-state index in [1.165, 1.54) is 0 Å². The van der Waals surface area contributed by atoms with Crippen molar-refractivity contribution in [1.82, 2.24) is 4.98 Å². The van der Waals surface area contributed by atoms with Crippen LogP contribution in [0.3, 0.4) is 0 Å². The van der Waals surface area contributed by atoms with E-state index in [9.17, 15) is 4.79 Å². The molecule has 2 aromatic rings. The number of halogens is 2. The van der Waals surface area contributed by atoms with Crippen LogP contribution < -0.4 is 5.43 Å². The fraction of sp³-hybridized carbons (Fsp3) is 0.357. The summed E-state index contributed by atoms with van der Waals surface area (Å²) in [5.41, 5.74) is 2.27. The zero-order valence-electron chi connectivity index (χ0n) is 10.6. The summed E-state index contributed by atoms with van der Waals surface area (Å²) >= 11 is 12.4. The largest absolute Gasteiger partial charge is 0.357 e. The van der Waals surface area contributed by atoms with Crippen LogP contribution in [0.5, 0.6) is 0 Å². The number of nitrogens with one attached hydrogen (secondary N) is 1. The van der Waals surface area contributed by atoms with Crippen molar-refractivity contribution in [3.63, 3.8) is 0 Å². The van der Waals surface area contributed by atoms with Crippen LogP contribution in [0, 0.1) is 12.8 Å². The molecule has 0 amide bonds. The van der Waals surface area contributed by atoms with Gasteiger partial charge in [0.25, 0.3) is 0 Å². The zero-order valence-corrected chi connectivity index (χ0v) is 12.1. The Kier molecular flexibility index (Phi) is 3.69. The number of fused-ring (bicyclic) bond motifs is 1. The Labute approximate surface area is 116 Å². The number of hydrogen-bond acceptors (Lipinski definition) is 1. The molecule has 4 heteroatoms. The van der Waals surface area contributed by atoms with Crippen LogP contribution in [0.1, 0.15) is 25.1 Å². The van der Waals surface area contributed by atoms with Crippen LogP contribution in [-0.4, -0.2) is 4.98 Å². The van der Waals surface area contributed by atoms with Crippen molar-refractivity contribution in [3.8, 4) is 0 Å². The molecule has 2 nitrogen and oxygen atoms in total. The zero-order chi connectivity index (χ0) is 13.4. The van der Waals surface area contributed by atoms with Gasteiger partial charge in [-0.25, -0.2) is 0 Å². The van der Waals surface area contributed by atoms with Crippen LogP contribution in [0.25, 0.3) is 10.9 Å². The molecule has 0 atom stereocenters. The van der Waals surface area contributed by atoms with Gasteiger partial charge in [0.1, 0.15) is 0 Å². The lowest BCUT2D eigenvalue weighted by Gasteiger charge is -2.10. The quantitative estimate of drug-likeness (QED) is 0.874. The smallest absolute Gasteiger partial charge is 0.191 e. The third-order valence-electron chi connectivity index (χ3n) is 2.86. The number of aromatic nitrogens is 1. The van der Waals surface area contributed by atoms with E-state index in [0.717, 1.165) is 17.7 Å². The normalized spacial score (nSPS) is 11.4. The van der Waals surface area contributed by atoms with E-state index >= 15 is 0 Å². The second-order valence-electron chi connectivity index (χ2n) is 5.00. The topological polar surface area (TPSA) is 32.9 Å². The van der Waals surface area contributed by atoms with Crippen molar-refractivity contribution in [2.45, 2.75) is 27.2 Å². The number of aromatic amines is 1. The minimum atomic E-state index is -0.0741. The molecule has 0 fully saturated rings. The van der Waals surface area contributed by atoms with Gasteiger partial charge in [0.15, 0.2) is 5.43 Å². The highest BCUT2D eigenvalue weighted by molar-refractivity contribution is 6.40. The third kappa shape index (κ3) is 2.40. The molecular weight excluding hydrogens is 269 g/mol. The molecule has 0 saturated carbocycles. The second kappa shape index (κ2) is 4.94. The van der Waals surface area contributed by atoms with E-state index in [0.29, 0.717) is 26.9 Å². The summed E-state index contributed by atoms with van der Waals surface area (Å²) in [5.74, 6) is 0.470. The Hall–Kier alpha value is -0.990. The minimum absolute atomic E-state index is 0.0741. The highest BCUT2D eigenvalue weighted by atomic mass is 35.5. The Morgan fingerprint density at radius 2 is 1.94 bits per heavy atom. The molecule has 1 heterocycles. The van der Waals surface area contributed by atoms with Gasteiger partial charge in [-0.05, 0) is 30.9 Å². The average Bonchev–Trinajstić information content (AvgIpc) is 2.24. The van der Waals surface area contributed by atoms with Gasteiger partial charge in [-0.15, -0.1) is 0 Å².